The van der Waals surface area contributed by atoms with Crippen LogP contribution in [0.5, 0.6) is 0 Å². The zero-order valence-electron chi connectivity index (χ0n) is 9.69. The van der Waals surface area contributed by atoms with Gasteiger partial charge >= 0.3 is 0 Å². The minimum Gasteiger partial charge on any atom is -0.378 e. The summed E-state index contributed by atoms with van der Waals surface area (Å²) in [6.45, 7) is 3.74. The first-order valence-corrected chi connectivity index (χ1v) is 6.81. The number of hydrogen-bond acceptors (Lipinski definition) is 4. The lowest BCUT2D eigenvalue weighted by atomic mass is 9.89. The fourth-order valence-corrected chi connectivity index (χ4v) is 2.73. The highest BCUT2D eigenvalue weighted by atomic mass is 32.1. The van der Waals surface area contributed by atoms with Gasteiger partial charge in [0.15, 0.2) is 0 Å². The molecule has 3 N–H and O–H groups in total. The van der Waals surface area contributed by atoms with Gasteiger partial charge in [-0.05, 0) is 31.2 Å². The molecule has 1 saturated carbocycles. The SMILES string of the molecule is CCOC1CC(NCC(N)c2cccs2)C1. The Morgan fingerprint density at radius 2 is 2.44 bits per heavy atom. The van der Waals surface area contributed by atoms with Crippen LogP contribution in [0, 0.1) is 0 Å². The molecule has 4 heteroatoms. The van der Waals surface area contributed by atoms with Gasteiger partial charge in [0, 0.05) is 24.1 Å². The molecule has 1 aromatic heterocycles. The average Bonchev–Trinajstić information content (AvgIpc) is 2.74. The van der Waals surface area contributed by atoms with Crippen molar-refractivity contribution >= 4 is 11.3 Å². The van der Waals surface area contributed by atoms with Crippen LogP contribution in [0.4, 0.5) is 0 Å². The van der Waals surface area contributed by atoms with Crippen molar-refractivity contribution in [3.63, 3.8) is 0 Å². The van der Waals surface area contributed by atoms with Crippen LogP contribution < -0.4 is 11.1 Å². The summed E-state index contributed by atoms with van der Waals surface area (Å²) in [6, 6.07) is 4.88. The molecular formula is C12H20N2OS. The normalized spacial score (nSPS) is 26.4. The number of hydrogen-bond donors (Lipinski definition) is 2. The van der Waals surface area contributed by atoms with E-state index in [9.17, 15) is 0 Å². The largest absolute Gasteiger partial charge is 0.378 e. The summed E-state index contributed by atoms with van der Waals surface area (Å²) in [5.41, 5.74) is 6.08. The Hall–Kier alpha value is -0.420. The van der Waals surface area contributed by atoms with Crippen LogP contribution >= 0.6 is 11.3 Å². The van der Waals surface area contributed by atoms with Crippen molar-refractivity contribution in [3.8, 4) is 0 Å². The van der Waals surface area contributed by atoms with Gasteiger partial charge in [0.1, 0.15) is 0 Å². The molecule has 2 rings (SSSR count). The first-order valence-electron chi connectivity index (χ1n) is 5.93. The Balaban J connectivity index is 1.62. The average molecular weight is 240 g/mol. The monoisotopic (exact) mass is 240 g/mol. The first kappa shape index (κ1) is 12.0. The van der Waals surface area contributed by atoms with Gasteiger partial charge in [0.05, 0.1) is 12.1 Å². The van der Waals surface area contributed by atoms with E-state index >= 15 is 0 Å². The van der Waals surface area contributed by atoms with Crippen molar-refractivity contribution in [1.82, 2.24) is 5.32 Å². The van der Waals surface area contributed by atoms with E-state index in [0.29, 0.717) is 12.1 Å². The summed E-state index contributed by atoms with van der Waals surface area (Å²) in [6.07, 6.45) is 2.73. The van der Waals surface area contributed by atoms with Gasteiger partial charge in [-0.3, -0.25) is 0 Å². The third kappa shape index (κ3) is 3.04. The van der Waals surface area contributed by atoms with Crippen molar-refractivity contribution < 1.29 is 4.74 Å². The zero-order chi connectivity index (χ0) is 11.4. The summed E-state index contributed by atoms with van der Waals surface area (Å²) in [4.78, 5) is 1.26. The predicted molar refractivity (Wildman–Crippen MR) is 67.7 cm³/mol. The molecule has 0 spiro atoms. The van der Waals surface area contributed by atoms with E-state index in [-0.39, 0.29) is 6.04 Å². The molecule has 16 heavy (non-hydrogen) atoms. The summed E-state index contributed by atoms with van der Waals surface area (Å²) < 4.78 is 5.52. The number of nitrogens with two attached hydrogens (primary N) is 1. The maximum atomic E-state index is 6.08. The highest BCUT2D eigenvalue weighted by Gasteiger charge is 2.29. The van der Waals surface area contributed by atoms with Crippen LogP contribution in [0.3, 0.4) is 0 Å². The van der Waals surface area contributed by atoms with Gasteiger partial charge in [-0.15, -0.1) is 11.3 Å². The van der Waals surface area contributed by atoms with Crippen LogP contribution in [0.15, 0.2) is 17.5 Å². The fraction of sp³-hybridized carbons (Fsp3) is 0.667. The second-order valence-electron chi connectivity index (χ2n) is 4.28. The van der Waals surface area contributed by atoms with E-state index in [4.69, 9.17) is 10.5 Å². The van der Waals surface area contributed by atoms with Crippen LogP contribution in [0.25, 0.3) is 0 Å². The van der Waals surface area contributed by atoms with Crippen LogP contribution in [0.1, 0.15) is 30.7 Å². The van der Waals surface area contributed by atoms with E-state index in [1.165, 1.54) is 4.88 Å². The van der Waals surface area contributed by atoms with Crippen molar-refractivity contribution in [2.75, 3.05) is 13.2 Å². The number of thiophene rings is 1. The smallest absolute Gasteiger partial charge is 0.0604 e. The molecule has 3 nitrogen and oxygen atoms in total. The van der Waals surface area contributed by atoms with Crippen LogP contribution in [0.2, 0.25) is 0 Å². The molecule has 1 heterocycles. The molecule has 0 aliphatic heterocycles. The highest BCUT2D eigenvalue weighted by Crippen LogP contribution is 2.24. The molecule has 0 radical (unpaired) electrons. The second-order valence-corrected chi connectivity index (χ2v) is 5.26. The summed E-state index contributed by atoms with van der Waals surface area (Å²) in [7, 11) is 0. The quantitative estimate of drug-likeness (QED) is 0.798. The molecule has 0 saturated heterocycles. The van der Waals surface area contributed by atoms with Gasteiger partial charge in [-0.2, -0.15) is 0 Å². The molecule has 0 aromatic carbocycles. The molecule has 0 amide bonds. The molecule has 1 fully saturated rings. The maximum absolute atomic E-state index is 6.08. The van der Waals surface area contributed by atoms with Gasteiger partial charge < -0.3 is 15.8 Å². The standard InChI is InChI=1S/C12H20N2OS/c1-2-15-10-6-9(7-10)14-8-11(13)12-4-3-5-16-12/h3-5,9-11,14H,2,6-8,13H2,1H3. The summed E-state index contributed by atoms with van der Waals surface area (Å²) in [5, 5.41) is 5.57. The molecule has 1 atom stereocenters. The fourth-order valence-electron chi connectivity index (χ4n) is 2.00. The Morgan fingerprint density at radius 1 is 1.62 bits per heavy atom. The molecule has 1 aliphatic rings. The Kier molecular flexibility index (Phi) is 4.35. The van der Waals surface area contributed by atoms with E-state index in [1.54, 1.807) is 11.3 Å². The molecule has 1 aliphatic carbocycles. The Morgan fingerprint density at radius 3 is 3.06 bits per heavy atom. The van der Waals surface area contributed by atoms with Gasteiger partial charge in [-0.25, -0.2) is 0 Å². The number of nitrogens with one attached hydrogen (secondary N) is 1. The Labute approximate surface area is 101 Å². The van der Waals surface area contributed by atoms with E-state index in [0.717, 1.165) is 26.0 Å². The molecule has 1 unspecified atom stereocenters. The van der Waals surface area contributed by atoms with Gasteiger partial charge in [-0.1, -0.05) is 6.07 Å². The third-order valence-electron chi connectivity index (χ3n) is 3.03. The minimum absolute atomic E-state index is 0.131. The minimum atomic E-state index is 0.131. The van der Waals surface area contributed by atoms with Gasteiger partial charge in [0.2, 0.25) is 0 Å². The number of rotatable bonds is 6. The van der Waals surface area contributed by atoms with Gasteiger partial charge in [0.25, 0.3) is 0 Å². The summed E-state index contributed by atoms with van der Waals surface area (Å²) in [5.74, 6) is 0. The van der Waals surface area contributed by atoms with Crippen molar-refractivity contribution in [3.05, 3.63) is 22.4 Å². The van der Waals surface area contributed by atoms with E-state index < -0.39 is 0 Å². The first-order chi connectivity index (χ1) is 7.79. The predicted octanol–water partition coefficient (Wildman–Crippen LogP) is 1.91. The lowest BCUT2D eigenvalue weighted by Gasteiger charge is -2.36. The number of ether oxygens (including phenoxy) is 1. The molecule has 1 aromatic rings. The van der Waals surface area contributed by atoms with Crippen LogP contribution in [-0.2, 0) is 4.74 Å². The topological polar surface area (TPSA) is 47.3 Å². The summed E-state index contributed by atoms with van der Waals surface area (Å²) >= 11 is 1.73. The van der Waals surface area contributed by atoms with Crippen LogP contribution in [-0.4, -0.2) is 25.3 Å². The highest BCUT2D eigenvalue weighted by molar-refractivity contribution is 7.10. The lowest BCUT2D eigenvalue weighted by molar-refractivity contribution is -0.00998. The van der Waals surface area contributed by atoms with Crippen molar-refractivity contribution in [2.45, 2.75) is 38.0 Å². The Bertz CT molecular complexity index is 296. The second kappa shape index (κ2) is 5.77. The molecule has 0 bridgehead atoms. The van der Waals surface area contributed by atoms with E-state index in [1.807, 2.05) is 13.0 Å². The van der Waals surface area contributed by atoms with Crippen molar-refractivity contribution in [2.24, 2.45) is 5.73 Å². The molecular weight excluding hydrogens is 220 g/mol. The maximum Gasteiger partial charge on any atom is 0.0604 e. The van der Waals surface area contributed by atoms with Crippen molar-refractivity contribution in [1.29, 1.82) is 0 Å². The zero-order valence-corrected chi connectivity index (χ0v) is 10.5. The molecule has 90 valence electrons. The van der Waals surface area contributed by atoms with E-state index in [2.05, 4.69) is 16.8 Å². The third-order valence-corrected chi connectivity index (χ3v) is 4.04. The lowest BCUT2D eigenvalue weighted by Crippen LogP contribution is -2.47.